The number of hydrogen-bond donors (Lipinski definition) is 2. The predicted octanol–water partition coefficient (Wildman–Crippen LogP) is 6.04. The van der Waals surface area contributed by atoms with Crippen molar-refractivity contribution in [1.29, 1.82) is 0 Å². The lowest BCUT2D eigenvalue weighted by Crippen LogP contribution is -2.33. The number of benzene rings is 1. The van der Waals surface area contributed by atoms with E-state index in [1.165, 1.54) is 19.3 Å². The molecule has 6 heteroatoms. The van der Waals surface area contributed by atoms with Crippen LogP contribution in [-0.4, -0.2) is 29.6 Å². The largest absolute Gasteiger partial charge is 0.463 e. The molecule has 0 unspecified atom stereocenters. The average molecular weight is 439 g/mol. The summed E-state index contributed by atoms with van der Waals surface area (Å²) in [5.74, 6) is 0.706. The predicted molar refractivity (Wildman–Crippen MR) is 134 cm³/mol. The van der Waals surface area contributed by atoms with Crippen molar-refractivity contribution in [3.63, 3.8) is 0 Å². The van der Waals surface area contributed by atoms with E-state index >= 15 is 0 Å². The molecule has 0 amide bonds. The van der Waals surface area contributed by atoms with Gasteiger partial charge in [0.1, 0.15) is 6.61 Å². The third-order valence-electron chi connectivity index (χ3n) is 5.20. The maximum Gasteiger partial charge on any atom is 0.293 e. The first-order valence-electron chi connectivity index (χ1n) is 11.2. The number of nitrogen functional groups attached to an aromatic ring is 1. The van der Waals surface area contributed by atoms with Crippen LogP contribution in [0.25, 0.3) is 11.1 Å². The van der Waals surface area contributed by atoms with Crippen LogP contribution in [0.2, 0.25) is 0 Å². The molecule has 2 aromatic rings. The summed E-state index contributed by atoms with van der Waals surface area (Å²) in [6.45, 7) is 11.9. The van der Waals surface area contributed by atoms with E-state index in [2.05, 4.69) is 26.9 Å². The highest BCUT2D eigenvalue weighted by atomic mass is 16.5. The highest BCUT2D eigenvalue weighted by Crippen LogP contribution is 2.39. The lowest BCUT2D eigenvalue weighted by atomic mass is 9.70. The second kappa shape index (κ2) is 14.8. The lowest BCUT2D eigenvalue weighted by molar-refractivity contribution is -0.127. The number of allylic oxidation sites excluding steroid dienone is 2. The van der Waals surface area contributed by atoms with Gasteiger partial charge in [0.2, 0.25) is 5.95 Å². The molecule has 1 aromatic heterocycles. The molecule has 0 atom stereocenters. The fraction of sp³-hybridized carbons (Fsp3) is 0.423. The summed E-state index contributed by atoms with van der Waals surface area (Å²) in [4.78, 5) is 18.5. The summed E-state index contributed by atoms with van der Waals surface area (Å²) in [7, 11) is 0. The third-order valence-corrected chi connectivity index (χ3v) is 5.20. The standard InChI is InChI=1S/C16H20N4.C8H12O2.C2H6/c1-16(7-2-8-16)11-20-15-18-9-13(10-19-15)12-3-5-14(17)6-4-12;1-3-5-8(4-2)6-10-7-9;1-2/h3-6,9-10H,2,7-8,11,17H2,1H3,(H,18,19,20);3-5,7H,6H2,1-2H3;1-2H3/b;5-3-,8-4+;. The molecule has 1 fully saturated rings. The molecule has 3 rings (SSSR count). The van der Waals surface area contributed by atoms with Gasteiger partial charge in [-0.25, -0.2) is 9.97 Å². The average Bonchev–Trinajstić information content (AvgIpc) is 2.82. The zero-order valence-corrected chi connectivity index (χ0v) is 20.1. The summed E-state index contributed by atoms with van der Waals surface area (Å²) >= 11 is 0. The number of ether oxygens (including phenoxy) is 1. The van der Waals surface area contributed by atoms with Crippen LogP contribution < -0.4 is 11.1 Å². The normalized spacial score (nSPS) is 14.2. The van der Waals surface area contributed by atoms with E-state index in [1.54, 1.807) is 0 Å². The topological polar surface area (TPSA) is 90.1 Å². The van der Waals surface area contributed by atoms with Crippen molar-refractivity contribution >= 4 is 18.1 Å². The first-order valence-corrected chi connectivity index (χ1v) is 11.2. The number of anilines is 2. The van der Waals surface area contributed by atoms with E-state index in [-0.39, 0.29) is 0 Å². The van der Waals surface area contributed by atoms with Gasteiger partial charge >= 0.3 is 0 Å². The third kappa shape index (κ3) is 9.33. The molecule has 0 bridgehead atoms. The molecule has 1 saturated carbocycles. The summed E-state index contributed by atoms with van der Waals surface area (Å²) in [6.07, 6.45) is 13.4. The molecule has 0 spiro atoms. The minimum absolute atomic E-state index is 0.365. The van der Waals surface area contributed by atoms with Crippen LogP contribution >= 0.6 is 0 Å². The number of carbonyl (C=O) groups excluding carboxylic acids is 1. The summed E-state index contributed by atoms with van der Waals surface area (Å²) < 4.78 is 4.54. The van der Waals surface area contributed by atoms with Crippen molar-refractivity contribution in [2.45, 2.75) is 53.9 Å². The summed E-state index contributed by atoms with van der Waals surface area (Å²) in [6, 6.07) is 7.74. The Kier molecular flexibility index (Phi) is 12.4. The van der Waals surface area contributed by atoms with Crippen molar-refractivity contribution < 1.29 is 9.53 Å². The Morgan fingerprint density at radius 2 is 1.75 bits per heavy atom. The van der Waals surface area contributed by atoms with Crippen molar-refractivity contribution in [3.8, 4) is 11.1 Å². The Hall–Kier alpha value is -3.15. The van der Waals surface area contributed by atoms with Gasteiger partial charge in [-0.3, -0.25) is 4.79 Å². The zero-order valence-electron chi connectivity index (χ0n) is 20.1. The minimum atomic E-state index is 0.365. The SMILES string of the molecule is C/C=C\C(=C/C)COC=O.CC.CC1(CNc2ncc(-c3ccc(N)cc3)cn2)CCC1. The number of aromatic nitrogens is 2. The van der Waals surface area contributed by atoms with Gasteiger partial charge in [0, 0.05) is 30.2 Å². The number of nitrogens with two attached hydrogens (primary N) is 1. The van der Waals surface area contributed by atoms with E-state index in [0.717, 1.165) is 28.9 Å². The highest BCUT2D eigenvalue weighted by molar-refractivity contribution is 5.64. The summed E-state index contributed by atoms with van der Waals surface area (Å²) in [5, 5.41) is 3.33. The molecular formula is C26H38N4O2. The van der Waals surface area contributed by atoms with Gasteiger partial charge in [0.25, 0.3) is 6.47 Å². The van der Waals surface area contributed by atoms with Crippen molar-refractivity contribution in [3.05, 3.63) is 60.5 Å². The number of nitrogens with zero attached hydrogens (tertiary/aromatic N) is 2. The Balaban J connectivity index is 0.000000364. The molecule has 32 heavy (non-hydrogen) atoms. The monoisotopic (exact) mass is 438 g/mol. The van der Waals surface area contributed by atoms with Crippen LogP contribution in [0.5, 0.6) is 0 Å². The number of hydrogen-bond acceptors (Lipinski definition) is 6. The molecule has 3 N–H and O–H groups in total. The molecule has 1 aliphatic carbocycles. The smallest absolute Gasteiger partial charge is 0.293 e. The maximum absolute atomic E-state index is 9.76. The summed E-state index contributed by atoms with van der Waals surface area (Å²) in [5.41, 5.74) is 9.98. The van der Waals surface area contributed by atoms with Gasteiger partial charge in [0.15, 0.2) is 0 Å². The van der Waals surface area contributed by atoms with Crippen LogP contribution in [0.1, 0.15) is 53.9 Å². The van der Waals surface area contributed by atoms with Gasteiger partial charge in [-0.15, -0.1) is 0 Å². The molecule has 1 aliphatic rings. The van der Waals surface area contributed by atoms with Crippen molar-refractivity contribution in [2.75, 3.05) is 24.2 Å². The van der Waals surface area contributed by atoms with Gasteiger partial charge in [0.05, 0.1) is 0 Å². The van der Waals surface area contributed by atoms with Crippen LogP contribution in [-0.2, 0) is 9.53 Å². The van der Waals surface area contributed by atoms with Crippen molar-refractivity contribution in [2.24, 2.45) is 5.41 Å². The number of rotatable bonds is 8. The lowest BCUT2D eigenvalue weighted by Gasteiger charge is -2.38. The van der Waals surface area contributed by atoms with E-state index in [1.807, 2.05) is 82.6 Å². The van der Waals surface area contributed by atoms with Gasteiger partial charge in [-0.1, -0.05) is 57.6 Å². The molecule has 1 aromatic carbocycles. The van der Waals surface area contributed by atoms with E-state index < -0.39 is 0 Å². The zero-order chi connectivity index (χ0) is 23.8. The van der Waals surface area contributed by atoms with E-state index in [9.17, 15) is 4.79 Å². The highest BCUT2D eigenvalue weighted by Gasteiger charge is 2.31. The second-order valence-corrected chi connectivity index (χ2v) is 7.71. The first kappa shape index (κ1) is 26.9. The quantitative estimate of drug-likeness (QED) is 0.297. The van der Waals surface area contributed by atoms with E-state index in [0.29, 0.717) is 24.4 Å². The van der Waals surface area contributed by atoms with Crippen molar-refractivity contribution in [1.82, 2.24) is 9.97 Å². The fourth-order valence-corrected chi connectivity index (χ4v) is 3.07. The molecule has 0 radical (unpaired) electrons. The van der Waals surface area contributed by atoms with Crippen LogP contribution in [0.3, 0.4) is 0 Å². The van der Waals surface area contributed by atoms with E-state index in [4.69, 9.17) is 5.73 Å². The van der Waals surface area contributed by atoms with Gasteiger partial charge in [-0.2, -0.15) is 0 Å². The van der Waals surface area contributed by atoms with Crippen LogP contribution in [0.15, 0.2) is 60.5 Å². The number of nitrogens with one attached hydrogen (secondary N) is 1. The molecule has 0 aliphatic heterocycles. The second-order valence-electron chi connectivity index (χ2n) is 7.71. The molecule has 174 valence electrons. The number of carbonyl (C=O) groups is 1. The molecule has 0 saturated heterocycles. The minimum Gasteiger partial charge on any atom is -0.463 e. The molecular weight excluding hydrogens is 400 g/mol. The molecule has 1 heterocycles. The Labute approximate surface area is 193 Å². The van der Waals surface area contributed by atoms with Gasteiger partial charge < -0.3 is 15.8 Å². The molecule has 6 nitrogen and oxygen atoms in total. The van der Waals surface area contributed by atoms with Crippen LogP contribution in [0.4, 0.5) is 11.6 Å². The Morgan fingerprint density at radius 1 is 1.12 bits per heavy atom. The maximum atomic E-state index is 9.76. The fourth-order valence-electron chi connectivity index (χ4n) is 3.07. The Morgan fingerprint density at radius 3 is 2.22 bits per heavy atom. The van der Waals surface area contributed by atoms with Crippen LogP contribution in [0, 0.1) is 5.41 Å². The van der Waals surface area contributed by atoms with Gasteiger partial charge in [-0.05, 0) is 55.4 Å². The Bertz CT molecular complexity index is 839. The first-order chi connectivity index (χ1) is 15.5.